The Morgan fingerprint density at radius 1 is 1.23 bits per heavy atom. The Hall–Kier alpha value is -2.45. The summed E-state index contributed by atoms with van der Waals surface area (Å²) in [5.41, 5.74) is 1.00. The fourth-order valence-corrected chi connectivity index (χ4v) is 3.04. The number of aromatic amines is 1. The molecule has 2 heterocycles. The van der Waals surface area contributed by atoms with E-state index in [1.54, 1.807) is 0 Å². The van der Waals surface area contributed by atoms with Gasteiger partial charge in [-0.2, -0.15) is 0 Å². The molecule has 22 heavy (non-hydrogen) atoms. The van der Waals surface area contributed by atoms with E-state index in [-0.39, 0.29) is 5.88 Å². The molecule has 2 aromatic rings. The molecular formula is C14H11N5OS2. The molecule has 6 nitrogen and oxygen atoms in total. The third kappa shape index (κ3) is 3.23. The van der Waals surface area contributed by atoms with E-state index in [1.165, 1.54) is 11.3 Å². The number of benzene rings is 1. The number of hydrogen-bond acceptors (Lipinski definition) is 7. The molecule has 0 bridgehead atoms. The van der Waals surface area contributed by atoms with E-state index in [1.807, 2.05) is 43.3 Å². The number of aromatic nitrogens is 1. The summed E-state index contributed by atoms with van der Waals surface area (Å²) in [5.74, 6) is 0.613. The zero-order chi connectivity index (χ0) is 15.5. The van der Waals surface area contributed by atoms with Crippen LogP contribution < -0.4 is 10.4 Å². The average Bonchev–Trinajstić information content (AvgIpc) is 3.10. The highest BCUT2D eigenvalue weighted by molar-refractivity contribution is 7.73. The van der Waals surface area contributed by atoms with Gasteiger partial charge >= 0.3 is 0 Å². The molecule has 0 saturated heterocycles. The molecular weight excluding hydrogens is 318 g/mol. The van der Waals surface area contributed by atoms with Crippen LogP contribution in [0.1, 0.15) is 11.8 Å². The standard InChI is InChI=1S/C14H11N5OS2/c1-8(7-11-13(20)15-14(21)22-11)6-9-2-4-10(5-3-9)12-16-18-19-17-12/h2-7,20H,1H3,(H,15,21). The van der Waals surface area contributed by atoms with Crippen molar-refractivity contribution >= 4 is 41.5 Å². The molecule has 0 amide bonds. The molecule has 2 N–H and O–H groups in total. The lowest BCUT2D eigenvalue weighted by Crippen LogP contribution is -2.08. The van der Waals surface area contributed by atoms with Crippen LogP contribution in [0.5, 0.6) is 5.88 Å². The molecule has 110 valence electrons. The summed E-state index contributed by atoms with van der Waals surface area (Å²) in [6, 6.07) is 7.75. The monoisotopic (exact) mass is 329 g/mol. The lowest BCUT2D eigenvalue weighted by molar-refractivity contribution is 0.456. The molecule has 1 aliphatic heterocycles. The van der Waals surface area contributed by atoms with Crippen LogP contribution in [0.25, 0.3) is 18.0 Å². The van der Waals surface area contributed by atoms with Gasteiger partial charge < -0.3 is 10.1 Å². The summed E-state index contributed by atoms with van der Waals surface area (Å²) in [5, 5.41) is 26.1. The van der Waals surface area contributed by atoms with Crippen molar-refractivity contribution in [1.29, 1.82) is 0 Å². The minimum atomic E-state index is 0.103. The topological polar surface area (TPSA) is 85.5 Å². The fourth-order valence-electron chi connectivity index (χ4n) is 1.93. The van der Waals surface area contributed by atoms with Gasteiger partial charge in [-0.1, -0.05) is 30.3 Å². The average molecular weight is 329 g/mol. The van der Waals surface area contributed by atoms with Crippen LogP contribution in [0.15, 0.2) is 50.5 Å². The van der Waals surface area contributed by atoms with Gasteiger partial charge in [-0.25, -0.2) is 0 Å². The van der Waals surface area contributed by atoms with E-state index in [4.69, 9.17) is 12.2 Å². The van der Waals surface area contributed by atoms with Gasteiger partial charge in [-0.3, -0.25) is 0 Å². The normalized spacial score (nSPS) is 13.9. The first kappa shape index (κ1) is 14.5. The molecule has 0 radical (unpaired) electrons. The van der Waals surface area contributed by atoms with E-state index in [9.17, 15) is 5.11 Å². The van der Waals surface area contributed by atoms with Gasteiger partial charge in [-0.05, 0) is 46.5 Å². The van der Waals surface area contributed by atoms with Crippen molar-refractivity contribution in [2.24, 2.45) is 20.7 Å². The highest BCUT2D eigenvalue weighted by Crippen LogP contribution is 2.24. The molecule has 0 spiro atoms. The van der Waals surface area contributed by atoms with Crippen molar-refractivity contribution in [3.8, 4) is 5.88 Å². The van der Waals surface area contributed by atoms with Crippen LogP contribution in [0, 0.1) is 3.95 Å². The summed E-state index contributed by atoms with van der Waals surface area (Å²) < 4.78 is 0.554. The van der Waals surface area contributed by atoms with Crippen molar-refractivity contribution in [2.75, 3.05) is 0 Å². The molecule has 8 heteroatoms. The fraction of sp³-hybridized carbons (Fsp3) is 0.0714. The van der Waals surface area contributed by atoms with Crippen molar-refractivity contribution in [1.82, 2.24) is 4.98 Å². The van der Waals surface area contributed by atoms with Crippen LogP contribution in [0.4, 0.5) is 0 Å². The number of allylic oxidation sites excluding steroid dienone is 1. The highest BCUT2D eigenvalue weighted by atomic mass is 32.1. The van der Waals surface area contributed by atoms with Crippen LogP contribution in [-0.4, -0.2) is 10.1 Å². The van der Waals surface area contributed by atoms with Gasteiger partial charge in [0.05, 0.1) is 4.88 Å². The smallest absolute Gasteiger partial charge is 0.207 e. The number of rotatable bonds is 2. The number of hydrogen-bond donors (Lipinski definition) is 2. The van der Waals surface area contributed by atoms with Gasteiger partial charge in [-0.15, -0.1) is 21.6 Å². The third-order valence-electron chi connectivity index (χ3n) is 2.90. The molecule has 1 aromatic heterocycles. The van der Waals surface area contributed by atoms with Crippen LogP contribution in [-0.2, 0) is 0 Å². The Balaban J connectivity index is 1.93. The summed E-state index contributed by atoms with van der Waals surface area (Å²) >= 11 is 6.33. The van der Waals surface area contributed by atoms with E-state index >= 15 is 0 Å². The summed E-state index contributed by atoms with van der Waals surface area (Å²) in [6.45, 7) is 1.96. The second kappa shape index (κ2) is 6.12. The van der Waals surface area contributed by atoms with Gasteiger partial charge in [0.2, 0.25) is 11.7 Å². The van der Waals surface area contributed by atoms with Gasteiger partial charge in [0.25, 0.3) is 0 Å². The molecule has 0 aliphatic carbocycles. The Bertz CT molecular complexity index is 944. The molecule has 3 rings (SSSR count). The van der Waals surface area contributed by atoms with Gasteiger partial charge in [0.15, 0.2) is 3.95 Å². The first-order valence-electron chi connectivity index (χ1n) is 6.36. The van der Waals surface area contributed by atoms with Gasteiger partial charge in [0.1, 0.15) is 0 Å². The molecule has 1 aromatic carbocycles. The first-order chi connectivity index (χ1) is 10.6. The Morgan fingerprint density at radius 3 is 2.50 bits per heavy atom. The second-order valence-corrected chi connectivity index (χ2v) is 6.30. The van der Waals surface area contributed by atoms with E-state index in [0.717, 1.165) is 20.9 Å². The summed E-state index contributed by atoms with van der Waals surface area (Å²) in [6.07, 6.45) is 3.89. The number of aromatic hydroxyl groups is 1. The number of nitrogens with one attached hydrogen (secondary N) is 1. The van der Waals surface area contributed by atoms with Crippen molar-refractivity contribution in [3.05, 3.63) is 49.1 Å². The van der Waals surface area contributed by atoms with Crippen molar-refractivity contribution in [3.63, 3.8) is 0 Å². The predicted octanol–water partition coefficient (Wildman–Crippen LogP) is 3.29. The quantitative estimate of drug-likeness (QED) is 0.828. The maximum absolute atomic E-state index is 9.69. The lowest BCUT2D eigenvalue weighted by atomic mass is 10.2. The van der Waals surface area contributed by atoms with Crippen molar-refractivity contribution in [2.45, 2.75) is 6.92 Å². The zero-order valence-electron chi connectivity index (χ0n) is 11.5. The van der Waals surface area contributed by atoms with Crippen LogP contribution >= 0.6 is 23.6 Å². The third-order valence-corrected chi connectivity index (χ3v) is 4.07. The van der Waals surface area contributed by atoms with Crippen LogP contribution in [0.3, 0.4) is 0 Å². The second-order valence-electron chi connectivity index (χ2n) is 4.58. The Morgan fingerprint density at radius 2 is 1.91 bits per heavy atom. The predicted molar refractivity (Wildman–Crippen MR) is 88.1 cm³/mol. The highest BCUT2D eigenvalue weighted by Gasteiger charge is 2.01. The summed E-state index contributed by atoms with van der Waals surface area (Å²) in [7, 11) is 0. The largest absolute Gasteiger partial charge is 0.494 e. The minimum absolute atomic E-state index is 0.103. The molecule has 0 saturated carbocycles. The number of nitrogens with zero attached hydrogens (tertiary/aromatic N) is 4. The van der Waals surface area contributed by atoms with Gasteiger partial charge in [0, 0.05) is 5.22 Å². The summed E-state index contributed by atoms with van der Waals surface area (Å²) in [4.78, 5) is 3.42. The lowest BCUT2D eigenvalue weighted by Gasteiger charge is -1.93. The molecule has 0 fully saturated rings. The van der Waals surface area contributed by atoms with E-state index < -0.39 is 0 Å². The number of thiazole rings is 1. The zero-order valence-corrected chi connectivity index (χ0v) is 13.1. The minimum Gasteiger partial charge on any atom is -0.494 e. The molecule has 1 aliphatic rings. The van der Waals surface area contributed by atoms with Crippen molar-refractivity contribution < 1.29 is 5.11 Å². The Kier molecular flexibility index (Phi) is 4.03. The Labute approximate surface area is 134 Å². The molecule has 0 atom stereocenters. The van der Waals surface area contributed by atoms with Crippen LogP contribution in [0.2, 0.25) is 0 Å². The molecule has 0 unspecified atom stereocenters. The van der Waals surface area contributed by atoms with E-state index in [0.29, 0.717) is 9.78 Å². The SMILES string of the molecule is CC(=Cc1sc(=S)[nH]c1O)C=c1ccc(=C2N=NN=N2)cc1. The maximum atomic E-state index is 9.69. The maximum Gasteiger partial charge on any atom is 0.207 e. The number of H-pyrrole nitrogens is 1. The first-order valence-corrected chi connectivity index (χ1v) is 7.58. The van der Waals surface area contributed by atoms with E-state index in [2.05, 4.69) is 25.7 Å².